The van der Waals surface area contributed by atoms with Crippen LogP contribution in [0.5, 0.6) is 0 Å². The van der Waals surface area contributed by atoms with Crippen molar-refractivity contribution in [2.45, 2.75) is 46.2 Å². The van der Waals surface area contributed by atoms with Crippen molar-refractivity contribution < 1.29 is 9.21 Å². The molecule has 0 aliphatic carbocycles. The SMILES string of the molecule is Cc1ccc(CN2CCc3cc(C(=O)NC(C)C)c(N(C)C)nc3CC2)o1. The Morgan fingerprint density at radius 1 is 1.30 bits per heavy atom. The summed E-state index contributed by atoms with van der Waals surface area (Å²) in [6.07, 6.45) is 1.76. The Morgan fingerprint density at radius 2 is 2.04 bits per heavy atom. The van der Waals surface area contributed by atoms with Gasteiger partial charge in [-0.25, -0.2) is 4.98 Å². The van der Waals surface area contributed by atoms with E-state index in [0.717, 1.165) is 55.5 Å². The van der Waals surface area contributed by atoms with E-state index in [1.165, 1.54) is 5.56 Å². The van der Waals surface area contributed by atoms with Crippen LogP contribution in [0.2, 0.25) is 0 Å². The number of aromatic nitrogens is 1. The summed E-state index contributed by atoms with van der Waals surface area (Å²) in [6.45, 7) is 8.59. The molecule has 146 valence electrons. The minimum atomic E-state index is -0.0591. The van der Waals surface area contributed by atoms with Crippen LogP contribution in [0.25, 0.3) is 0 Å². The lowest BCUT2D eigenvalue weighted by atomic mass is 10.0. The van der Waals surface area contributed by atoms with Crippen LogP contribution in [0.3, 0.4) is 0 Å². The van der Waals surface area contributed by atoms with Crippen molar-refractivity contribution in [1.29, 1.82) is 0 Å². The first-order chi connectivity index (χ1) is 12.8. The van der Waals surface area contributed by atoms with Gasteiger partial charge < -0.3 is 14.6 Å². The molecule has 0 fully saturated rings. The van der Waals surface area contributed by atoms with Crippen LogP contribution in [-0.4, -0.2) is 49.0 Å². The van der Waals surface area contributed by atoms with Crippen molar-refractivity contribution in [3.05, 3.63) is 46.5 Å². The maximum atomic E-state index is 12.7. The molecule has 1 aliphatic rings. The predicted octanol–water partition coefficient (Wildman–Crippen LogP) is 2.79. The van der Waals surface area contributed by atoms with Crippen molar-refractivity contribution in [3.8, 4) is 0 Å². The van der Waals surface area contributed by atoms with E-state index in [4.69, 9.17) is 9.40 Å². The van der Waals surface area contributed by atoms with Crippen molar-refractivity contribution in [2.75, 3.05) is 32.1 Å². The van der Waals surface area contributed by atoms with E-state index in [9.17, 15) is 4.79 Å². The normalized spacial score (nSPS) is 14.7. The summed E-state index contributed by atoms with van der Waals surface area (Å²) in [5.41, 5.74) is 2.92. The number of carbonyl (C=O) groups excluding carboxylic acids is 1. The summed E-state index contributed by atoms with van der Waals surface area (Å²) < 4.78 is 5.73. The monoisotopic (exact) mass is 370 g/mol. The van der Waals surface area contributed by atoms with Gasteiger partial charge in [0.15, 0.2) is 0 Å². The number of amides is 1. The second-order valence-corrected chi connectivity index (χ2v) is 7.78. The number of fused-ring (bicyclic) bond motifs is 1. The van der Waals surface area contributed by atoms with Crippen LogP contribution in [0.1, 0.15) is 47.0 Å². The number of rotatable bonds is 5. The minimum absolute atomic E-state index is 0.0591. The highest BCUT2D eigenvalue weighted by Gasteiger charge is 2.22. The Labute approximate surface area is 161 Å². The van der Waals surface area contributed by atoms with Crippen LogP contribution in [-0.2, 0) is 19.4 Å². The maximum Gasteiger partial charge on any atom is 0.255 e. The average molecular weight is 370 g/mol. The highest BCUT2D eigenvalue weighted by Crippen LogP contribution is 2.24. The molecule has 1 amide bonds. The molecule has 6 nitrogen and oxygen atoms in total. The lowest BCUT2D eigenvalue weighted by Gasteiger charge is -2.19. The Hall–Kier alpha value is -2.34. The van der Waals surface area contributed by atoms with Gasteiger partial charge in [0.05, 0.1) is 12.1 Å². The van der Waals surface area contributed by atoms with Gasteiger partial charge in [0, 0.05) is 45.3 Å². The van der Waals surface area contributed by atoms with Crippen LogP contribution >= 0.6 is 0 Å². The Balaban J connectivity index is 1.81. The molecule has 3 heterocycles. The van der Waals surface area contributed by atoms with E-state index < -0.39 is 0 Å². The molecule has 3 rings (SSSR count). The molecule has 0 saturated heterocycles. The summed E-state index contributed by atoms with van der Waals surface area (Å²) in [4.78, 5) is 21.8. The third-order valence-corrected chi connectivity index (χ3v) is 4.80. The molecule has 0 aromatic carbocycles. The first-order valence-electron chi connectivity index (χ1n) is 9.62. The van der Waals surface area contributed by atoms with Crippen LogP contribution in [0.15, 0.2) is 22.6 Å². The van der Waals surface area contributed by atoms with E-state index in [2.05, 4.69) is 10.2 Å². The maximum absolute atomic E-state index is 12.7. The summed E-state index contributed by atoms with van der Waals surface area (Å²) in [6, 6.07) is 6.19. The van der Waals surface area contributed by atoms with Gasteiger partial charge in [-0.3, -0.25) is 9.69 Å². The van der Waals surface area contributed by atoms with Gasteiger partial charge in [0.1, 0.15) is 17.3 Å². The van der Waals surface area contributed by atoms with Gasteiger partial charge in [-0.05, 0) is 51.0 Å². The molecule has 0 saturated carbocycles. The summed E-state index contributed by atoms with van der Waals surface area (Å²) in [5, 5.41) is 2.99. The zero-order valence-corrected chi connectivity index (χ0v) is 17.0. The van der Waals surface area contributed by atoms with Crippen molar-refractivity contribution >= 4 is 11.7 Å². The molecule has 0 radical (unpaired) electrons. The van der Waals surface area contributed by atoms with E-state index in [1.54, 1.807) is 0 Å². The van der Waals surface area contributed by atoms with E-state index in [0.29, 0.717) is 5.56 Å². The molecule has 6 heteroatoms. The fraction of sp³-hybridized carbons (Fsp3) is 0.524. The topological polar surface area (TPSA) is 61.6 Å². The molecule has 2 aromatic rings. The fourth-order valence-corrected chi connectivity index (χ4v) is 3.47. The summed E-state index contributed by atoms with van der Waals surface area (Å²) in [7, 11) is 3.87. The number of pyridine rings is 1. The van der Waals surface area contributed by atoms with Crippen molar-refractivity contribution in [3.63, 3.8) is 0 Å². The highest BCUT2D eigenvalue weighted by atomic mass is 16.3. The van der Waals surface area contributed by atoms with Gasteiger partial charge in [-0.2, -0.15) is 0 Å². The fourth-order valence-electron chi connectivity index (χ4n) is 3.47. The third kappa shape index (κ3) is 4.69. The zero-order chi connectivity index (χ0) is 19.6. The largest absolute Gasteiger partial charge is 0.465 e. The predicted molar refractivity (Wildman–Crippen MR) is 107 cm³/mol. The van der Waals surface area contributed by atoms with Gasteiger partial charge in [0.2, 0.25) is 0 Å². The van der Waals surface area contributed by atoms with Crippen molar-refractivity contribution in [1.82, 2.24) is 15.2 Å². The summed E-state index contributed by atoms with van der Waals surface area (Å²) in [5.74, 6) is 2.62. The van der Waals surface area contributed by atoms with Gasteiger partial charge >= 0.3 is 0 Å². The molecular formula is C21H30N4O2. The molecule has 0 bridgehead atoms. The second kappa shape index (κ2) is 8.13. The molecule has 0 unspecified atom stereocenters. The number of carbonyl (C=O) groups is 1. The smallest absolute Gasteiger partial charge is 0.255 e. The van der Waals surface area contributed by atoms with Crippen LogP contribution in [0, 0.1) is 6.92 Å². The number of hydrogen-bond acceptors (Lipinski definition) is 5. The minimum Gasteiger partial charge on any atom is -0.465 e. The van der Waals surface area contributed by atoms with Gasteiger partial charge in [-0.1, -0.05) is 0 Å². The van der Waals surface area contributed by atoms with E-state index in [-0.39, 0.29) is 11.9 Å². The first-order valence-corrected chi connectivity index (χ1v) is 9.62. The van der Waals surface area contributed by atoms with Crippen molar-refractivity contribution in [2.24, 2.45) is 0 Å². The van der Waals surface area contributed by atoms with Crippen LogP contribution in [0.4, 0.5) is 5.82 Å². The average Bonchev–Trinajstić information content (AvgIpc) is 2.90. The quantitative estimate of drug-likeness (QED) is 0.877. The molecule has 1 N–H and O–H groups in total. The lowest BCUT2D eigenvalue weighted by Crippen LogP contribution is -2.32. The van der Waals surface area contributed by atoms with Gasteiger partial charge in [-0.15, -0.1) is 0 Å². The highest BCUT2D eigenvalue weighted by molar-refractivity contribution is 5.99. The Bertz CT molecular complexity index is 811. The second-order valence-electron chi connectivity index (χ2n) is 7.78. The molecule has 2 aromatic heterocycles. The zero-order valence-electron chi connectivity index (χ0n) is 17.0. The van der Waals surface area contributed by atoms with Gasteiger partial charge in [0.25, 0.3) is 5.91 Å². The number of hydrogen-bond donors (Lipinski definition) is 1. The number of anilines is 1. The lowest BCUT2D eigenvalue weighted by molar-refractivity contribution is 0.0943. The summed E-state index contributed by atoms with van der Waals surface area (Å²) >= 11 is 0. The third-order valence-electron chi connectivity index (χ3n) is 4.80. The van der Waals surface area contributed by atoms with Crippen LogP contribution < -0.4 is 10.2 Å². The molecule has 0 spiro atoms. The Morgan fingerprint density at radius 3 is 2.67 bits per heavy atom. The standard InChI is InChI=1S/C21H30N4O2/c1-14(2)22-21(26)18-12-16-8-10-25(13-17-7-6-15(3)27-17)11-9-19(16)23-20(18)24(4)5/h6-7,12,14H,8-11,13H2,1-5H3,(H,22,26). The number of nitrogens with zero attached hydrogens (tertiary/aromatic N) is 3. The number of furan rings is 1. The molecular weight excluding hydrogens is 340 g/mol. The van der Waals surface area contributed by atoms with E-state index >= 15 is 0 Å². The Kier molecular flexibility index (Phi) is 5.85. The molecule has 1 aliphatic heterocycles. The number of nitrogens with one attached hydrogen (secondary N) is 1. The molecule has 0 atom stereocenters. The first kappa shape index (κ1) is 19.4. The molecule has 27 heavy (non-hydrogen) atoms. The van der Waals surface area contributed by atoms with E-state index in [1.807, 2.05) is 58.0 Å². The number of aryl methyl sites for hydroxylation is 1.